The Morgan fingerprint density at radius 2 is 2.21 bits per heavy atom. The molecule has 0 unspecified atom stereocenters. The quantitative estimate of drug-likeness (QED) is 0.685. The number of thiophene rings is 1. The van der Waals surface area contributed by atoms with Crippen molar-refractivity contribution in [3.8, 4) is 0 Å². The molecule has 14 heavy (non-hydrogen) atoms. The number of hydrogen-bond acceptors (Lipinski definition) is 2. The fourth-order valence-corrected chi connectivity index (χ4v) is 2.34. The van der Waals surface area contributed by atoms with E-state index in [9.17, 15) is 4.79 Å². The standard InChI is InChI=1S/C12H12OS/c13-11-6-1-4-10(5-2-7-11)12-8-3-9-14-12/h1,3-4,6,8-9H,2,5,7H2/b6-1-,10-4+. The number of hydrogen-bond donors (Lipinski definition) is 0. The topological polar surface area (TPSA) is 17.1 Å². The van der Waals surface area contributed by atoms with Gasteiger partial charge in [0.2, 0.25) is 0 Å². The summed E-state index contributed by atoms with van der Waals surface area (Å²) in [6.07, 6.45) is 8.26. The molecule has 0 spiro atoms. The summed E-state index contributed by atoms with van der Waals surface area (Å²) in [5.41, 5.74) is 1.35. The predicted molar refractivity (Wildman–Crippen MR) is 60.3 cm³/mol. The fourth-order valence-electron chi connectivity index (χ4n) is 1.56. The monoisotopic (exact) mass is 204 g/mol. The van der Waals surface area contributed by atoms with E-state index in [2.05, 4.69) is 23.6 Å². The SMILES string of the molecule is O=C1/C=C\C=C(\c2cccs2)CCC1. The molecule has 0 bridgehead atoms. The molecule has 72 valence electrons. The maximum atomic E-state index is 11.1. The summed E-state index contributed by atoms with van der Waals surface area (Å²) in [6, 6.07) is 4.20. The maximum Gasteiger partial charge on any atom is 0.155 e. The highest BCUT2D eigenvalue weighted by atomic mass is 32.1. The molecular weight excluding hydrogens is 192 g/mol. The number of allylic oxidation sites excluding steroid dienone is 4. The molecule has 0 saturated heterocycles. The Kier molecular flexibility index (Phi) is 2.94. The summed E-state index contributed by atoms with van der Waals surface area (Å²) in [7, 11) is 0. The van der Waals surface area contributed by atoms with E-state index in [0.717, 1.165) is 12.8 Å². The van der Waals surface area contributed by atoms with Gasteiger partial charge in [0.05, 0.1) is 0 Å². The number of ketones is 1. The molecule has 0 aromatic carbocycles. The van der Waals surface area contributed by atoms with E-state index >= 15 is 0 Å². The normalized spacial score (nSPS) is 23.4. The van der Waals surface area contributed by atoms with E-state index in [1.54, 1.807) is 17.4 Å². The fraction of sp³-hybridized carbons (Fsp3) is 0.250. The third-order valence-corrected chi connectivity index (χ3v) is 3.23. The molecule has 1 heterocycles. The summed E-state index contributed by atoms with van der Waals surface area (Å²) in [5.74, 6) is 0.242. The minimum absolute atomic E-state index is 0.242. The Morgan fingerprint density at radius 1 is 1.29 bits per heavy atom. The minimum atomic E-state index is 0.242. The van der Waals surface area contributed by atoms with E-state index in [1.807, 2.05) is 6.08 Å². The van der Waals surface area contributed by atoms with Gasteiger partial charge in [0.25, 0.3) is 0 Å². The lowest BCUT2D eigenvalue weighted by atomic mass is 10.0. The van der Waals surface area contributed by atoms with Crippen LogP contribution in [-0.2, 0) is 4.79 Å². The zero-order valence-corrected chi connectivity index (χ0v) is 8.72. The Hall–Kier alpha value is -1.15. The van der Waals surface area contributed by atoms with Crippen molar-refractivity contribution in [3.63, 3.8) is 0 Å². The van der Waals surface area contributed by atoms with Crippen molar-refractivity contribution in [2.45, 2.75) is 19.3 Å². The van der Waals surface area contributed by atoms with Gasteiger partial charge in [-0.2, -0.15) is 0 Å². The van der Waals surface area contributed by atoms with Crippen LogP contribution >= 0.6 is 11.3 Å². The summed E-state index contributed by atoms with van der Waals surface area (Å²) < 4.78 is 0. The molecule has 1 aromatic rings. The number of carbonyl (C=O) groups excluding carboxylic acids is 1. The van der Waals surface area contributed by atoms with Crippen molar-refractivity contribution >= 4 is 22.7 Å². The lowest BCUT2D eigenvalue weighted by Gasteiger charge is -2.05. The third-order valence-electron chi connectivity index (χ3n) is 2.29. The summed E-state index contributed by atoms with van der Waals surface area (Å²) >= 11 is 1.76. The van der Waals surface area contributed by atoms with Gasteiger partial charge in [-0.3, -0.25) is 4.79 Å². The molecule has 0 amide bonds. The molecule has 1 aliphatic carbocycles. The average Bonchev–Trinajstić information content (AvgIpc) is 2.63. The van der Waals surface area contributed by atoms with Crippen molar-refractivity contribution < 1.29 is 4.79 Å². The molecule has 1 aromatic heterocycles. The van der Waals surface area contributed by atoms with Crippen molar-refractivity contribution in [3.05, 3.63) is 40.6 Å². The van der Waals surface area contributed by atoms with Crippen LogP contribution < -0.4 is 0 Å². The third kappa shape index (κ3) is 2.20. The van der Waals surface area contributed by atoms with Crippen LogP contribution in [-0.4, -0.2) is 5.78 Å². The van der Waals surface area contributed by atoms with Gasteiger partial charge in [-0.1, -0.05) is 18.2 Å². The van der Waals surface area contributed by atoms with Crippen molar-refractivity contribution in [2.24, 2.45) is 0 Å². The van der Waals surface area contributed by atoms with E-state index in [-0.39, 0.29) is 5.78 Å². The summed E-state index contributed by atoms with van der Waals surface area (Å²) in [4.78, 5) is 12.4. The van der Waals surface area contributed by atoms with Crippen LogP contribution in [0.15, 0.2) is 35.7 Å². The van der Waals surface area contributed by atoms with E-state index in [1.165, 1.54) is 10.5 Å². The molecule has 1 nitrogen and oxygen atoms in total. The van der Waals surface area contributed by atoms with Gasteiger partial charge in [-0.05, 0) is 35.9 Å². The molecule has 2 heteroatoms. The van der Waals surface area contributed by atoms with Crippen LogP contribution in [0.1, 0.15) is 24.1 Å². The highest BCUT2D eigenvalue weighted by molar-refractivity contribution is 7.11. The predicted octanol–water partition coefficient (Wildman–Crippen LogP) is 3.44. The smallest absolute Gasteiger partial charge is 0.155 e. The second-order valence-corrected chi connectivity index (χ2v) is 4.30. The van der Waals surface area contributed by atoms with Crippen LogP contribution in [0.25, 0.3) is 5.57 Å². The zero-order valence-electron chi connectivity index (χ0n) is 7.90. The minimum Gasteiger partial charge on any atom is -0.295 e. The Morgan fingerprint density at radius 3 is 3.00 bits per heavy atom. The number of rotatable bonds is 1. The van der Waals surface area contributed by atoms with Crippen molar-refractivity contribution in [2.75, 3.05) is 0 Å². The molecule has 2 rings (SSSR count). The van der Waals surface area contributed by atoms with E-state index in [4.69, 9.17) is 0 Å². The van der Waals surface area contributed by atoms with Gasteiger partial charge in [0, 0.05) is 11.3 Å². The highest BCUT2D eigenvalue weighted by Crippen LogP contribution is 2.26. The first-order valence-corrected chi connectivity index (χ1v) is 5.68. The molecule has 0 radical (unpaired) electrons. The van der Waals surface area contributed by atoms with Crippen LogP contribution in [0.4, 0.5) is 0 Å². The Balaban J connectivity index is 2.23. The lowest BCUT2D eigenvalue weighted by Crippen LogP contribution is -1.95. The van der Waals surface area contributed by atoms with Gasteiger partial charge in [0.1, 0.15) is 0 Å². The molecular formula is C12H12OS. The molecule has 0 saturated carbocycles. The van der Waals surface area contributed by atoms with Crippen LogP contribution in [0.2, 0.25) is 0 Å². The zero-order chi connectivity index (χ0) is 9.80. The van der Waals surface area contributed by atoms with Crippen LogP contribution in [0.3, 0.4) is 0 Å². The van der Waals surface area contributed by atoms with E-state index < -0.39 is 0 Å². The van der Waals surface area contributed by atoms with Gasteiger partial charge in [-0.25, -0.2) is 0 Å². The second-order valence-electron chi connectivity index (χ2n) is 3.35. The highest BCUT2D eigenvalue weighted by Gasteiger charge is 2.05. The second kappa shape index (κ2) is 4.38. The Bertz CT molecular complexity index is 371. The van der Waals surface area contributed by atoms with E-state index in [0.29, 0.717) is 6.42 Å². The van der Waals surface area contributed by atoms with Gasteiger partial charge in [-0.15, -0.1) is 11.3 Å². The molecule has 0 fully saturated rings. The van der Waals surface area contributed by atoms with Crippen molar-refractivity contribution in [1.29, 1.82) is 0 Å². The number of carbonyl (C=O) groups is 1. The molecule has 0 aliphatic heterocycles. The average molecular weight is 204 g/mol. The Labute approximate surface area is 87.8 Å². The molecule has 0 N–H and O–H groups in total. The van der Waals surface area contributed by atoms with Gasteiger partial charge >= 0.3 is 0 Å². The maximum absolute atomic E-state index is 11.1. The largest absolute Gasteiger partial charge is 0.295 e. The summed E-state index contributed by atoms with van der Waals surface area (Å²) in [5, 5.41) is 2.09. The van der Waals surface area contributed by atoms with Gasteiger partial charge < -0.3 is 0 Å². The first kappa shape index (κ1) is 9.41. The van der Waals surface area contributed by atoms with Crippen LogP contribution in [0.5, 0.6) is 0 Å². The first-order valence-electron chi connectivity index (χ1n) is 4.80. The molecule has 0 atom stereocenters. The summed E-state index contributed by atoms with van der Waals surface area (Å²) in [6.45, 7) is 0. The lowest BCUT2D eigenvalue weighted by molar-refractivity contribution is -0.114. The first-order chi connectivity index (χ1) is 6.86. The van der Waals surface area contributed by atoms with Crippen molar-refractivity contribution in [1.82, 2.24) is 0 Å². The molecule has 1 aliphatic rings. The van der Waals surface area contributed by atoms with Gasteiger partial charge in [0.15, 0.2) is 5.78 Å². The van der Waals surface area contributed by atoms with Crippen LogP contribution in [0, 0.1) is 0 Å².